The Balaban J connectivity index is 2.13. The van der Waals surface area contributed by atoms with E-state index in [0.717, 1.165) is 11.3 Å². The van der Waals surface area contributed by atoms with E-state index >= 15 is 0 Å². The zero-order valence-corrected chi connectivity index (χ0v) is 12.1. The molecule has 0 radical (unpaired) electrons. The Bertz CT molecular complexity index is 610. The van der Waals surface area contributed by atoms with Crippen LogP contribution in [0.25, 0.3) is 0 Å². The van der Waals surface area contributed by atoms with Crippen LogP contribution in [0.1, 0.15) is 21.6 Å². The number of H-pyrrole nitrogens is 1. The molecule has 1 heterocycles. The molecule has 1 aromatic heterocycles. The minimum atomic E-state index is -0.0858. The van der Waals surface area contributed by atoms with Crippen LogP contribution in [-0.4, -0.2) is 28.1 Å². The number of hydrogen-bond donors (Lipinski definition) is 1. The number of nitrogens with zero attached hydrogens (tertiary/aromatic N) is 2. The standard InChI is InChI=1S/C13H13Cl2N3O/c1-8-10(6-16-17-8)13(19)18(2)7-9-3-4-11(14)12(15)5-9/h3-6H,7H2,1-2H3,(H,16,17). The summed E-state index contributed by atoms with van der Waals surface area (Å²) in [6.07, 6.45) is 1.53. The Labute approximate surface area is 121 Å². The Kier molecular flexibility index (Phi) is 4.12. The molecule has 0 unspecified atom stereocenters. The molecule has 1 aromatic carbocycles. The Morgan fingerprint density at radius 1 is 1.37 bits per heavy atom. The van der Waals surface area contributed by atoms with Crippen molar-refractivity contribution in [3.8, 4) is 0 Å². The fourth-order valence-corrected chi connectivity index (χ4v) is 2.08. The lowest BCUT2D eigenvalue weighted by Crippen LogP contribution is -2.26. The van der Waals surface area contributed by atoms with Gasteiger partial charge < -0.3 is 4.90 Å². The minimum absolute atomic E-state index is 0.0858. The maximum Gasteiger partial charge on any atom is 0.257 e. The second kappa shape index (κ2) is 5.63. The minimum Gasteiger partial charge on any atom is -0.337 e. The summed E-state index contributed by atoms with van der Waals surface area (Å²) in [6.45, 7) is 2.27. The van der Waals surface area contributed by atoms with Gasteiger partial charge >= 0.3 is 0 Å². The molecule has 0 aliphatic carbocycles. The third kappa shape index (κ3) is 3.08. The Morgan fingerprint density at radius 2 is 2.11 bits per heavy atom. The van der Waals surface area contributed by atoms with Gasteiger partial charge in [0.25, 0.3) is 5.91 Å². The number of nitrogens with one attached hydrogen (secondary N) is 1. The van der Waals surface area contributed by atoms with Gasteiger partial charge in [-0.2, -0.15) is 5.10 Å². The van der Waals surface area contributed by atoms with Crippen LogP contribution < -0.4 is 0 Å². The molecule has 0 aliphatic rings. The molecule has 1 amide bonds. The van der Waals surface area contributed by atoms with E-state index < -0.39 is 0 Å². The van der Waals surface area contributed by atoms with Crippen LogP contribution in [0.5, 0.6) is 0 Å². The summed E-state index contributed by atoms with van der Waals surface area (Å²) in [5, 5.41) is 7.59. The van der Waals surface area contributed by atoms with Crippen molar-refractivity contribution in [3.05, 3.63) is 51.3 Å². The lowest BCUT2D eigenvalue weighted by molar-refractivity contribution is 0.0784. The van der Waals surface area contributed by atoms with E-state index in [0.29, 0.717) is 22.2 Å². The summed E-state index contributed by atoms with van der Waals surface area (Å²) in [5.41, 5.74) is 2.25. The highest BCUT2D eigenvalue weighted by molar-refractivity contribution is 6.42. The number of halogens is 2. The van der Waals surface area contributed by atoms with E-state index in [9.17, 15) is 4.79 Å². The highest BCUT2D eigenvalue weighted by Crippen LogP contribution is 2.23. The van der Waals surface area contributed by atoms with Gasteiger partial charge in [0.05, 0.1) is 21.8 Å². The second-order valence-electron chi connectivity index (χ2n) is 4.32. The van der Waals surface area contributed by atoms with Gasteiger partial charge in [0, 0.05) is 19.3 Å². The first kappa shape index (κ1) is 13.9. The number of rotatable bonds is 3. The predicted octanol–water partition coefficient (Wildman–Crippen LogP) is 3.30. The largest absolute Gasteiger partial charge is 0.337 e. The van der Waals surface area contributed by atoms with Gasteiger partial charge in [0.2, 0.25) is 0 Å². The molecule has 19 heavy (non-hydrogen) atoms. The Morgan fingerprint density at radius 3 is 2.68 bits per heavy atom. The van der Waals surface area contributed by atoms with Crippen molar-refractivity contribution >= 4 is 29.1 Å². The van der Waals surface area contributed by atoms with Crippen molar-refractivity contribution in [2.45, 2.75) is 13.5 Å². The summed E-state index contributed by atoms with van der Waals surface area (Å²) >= 11 is 11.8. The molecular formula is C13H13Cl2N3O. The number of carbonyl (C=O) groups is 1. The molecule has 4 nitrogen and oxygen atoms in total. The molecule has 100 valence electrons. The van der Waals surface area contributed by atoms with Crippen molar-refractivity contribution in [2.75, 3.05) is 7.05 Å². The van der Waals surface area contributed by atoms with Crippen LogP contribution in [0.15, 0.2) is 24.4 Å². The third-order valence-corrected chi connectivity index (χ3v) is 3.55. The van der Waals surface area contributed by atoms with E-state index in [2.05, 4.69) is 10.2 Å². The molecular weight excluding hydrogens is 285 g/mol. The third-order valence-electron chi connectivity index (χ3n) is 2.81. The van der Waals surface area contributed by atoms with Crippen LogP contribution in [0.4, 0.5) is 0 Å². The zero-order chi connectivity index (χ0) is 14.0. The first-order chi connectivity index (χ1) is 8.99. The van der Waals surface area contributed by atoms with Gasteiger partial charge in [-0.3, -0.25) is 9.89 Å². The van der Waals surface area contributed by atoms with Crippen molar-refractivity contribution in [3.63, 3.8) is 0 Å². The lowest BCUT2D eigenvalue weighted by atomic mass is 10.2. The summed E-state index contributed by atoms with van der Waals surface area (Å²) < 4.78 is 0. The fraction of sp³-hybridized carbons (Fsp3) is 0.231. The summed E-state index contributed by atoms with van der Waals surface area (Å²) in [5.74, 6) is -0.0858. The average molecular weight is 298 g/mol. The molecule has 0 saturated heterocycles. The molecule has 6 heteroatoms. The summed E-state index contributed by atoms with van der Waals surface area (Å²) in [4.78, 5) is 13.8. The van der Waals surface area contributed by atoms with E-state index in [-0.39, 0.29) is 5.91 Å². The molecule has 0 aliphatic heterocycles. The molecule has 0 atom stereocenters. The number of aryl methyl sites for hydroxylation is 1. The number of aromatic nitrogens is 2. The molecule has 2 rings (SSSR count). The summed E-state index contributed by atoms with van der Waals surface area (Å²) in [6, 6.07) is 5.33. The van der Waals surface area contributed by atoms with Crippen molar-refractivity contribution in [2.24, 2.45) is 0 Å². The number of carbonyl (C=O) groups excluding carboxylic acids is 1. The second-order valence-corrected chi connectivity index (χ2v) is 5.13. The molecule has 2 aromatic rings. The SMILES string of the molecule is Cc1[nH]ncc1C(=O)N(C)Cc1ccc(Cl)c(Cl)c1. The van der Waals surface area contributed by atoms with E-state index in [1.165, 1.54) is 6.20 Å². The number of hydrogen-bond acceptors (Lipinski definition) is 2. The van der Waals surface area contributed by atoms with Gasteiger partial charge in [-0.15, -0.1) is 0 Å². The van der Waals surface area contributed by atoms with Gasteiger partial charge in [-0.05, 0) is 24.6 Å². The predicted molar refractivity (Wildman–Crippen MR) is 75.6 cm³/mol. The fourth-order valence-electron chi connectivity index (χ4n) is 1.76. The van der Waals surface area contributed by atoms with E-state index in [1.54, 1.807) is 24.1 Å². The first-order valence-electron chi connectivity index (χ1n) is 5.68. The van der Waals surface area contributed by atoms with Crippen molar-refractivity contribution < 1.29 is 4.79 Å². The number of benzene rings is 1. The zero-order valence-electron chi connectivity index (χ0n) is 10.6. The Hall–Kier alpha value is -1.52. The highest BCUT2D eigenvalue weighted by Gasteiger charge is 2.16. The number of amides is 1. The van der Waals surface area contributed by atoms with Crippen LogP contribution >= 0.6 is 23.2 Å². The van der Waals surface area contributed by atoms with Gasteiger partial charge in [-0.1, -0.05) is 29.3 Å². The highest BCUT2D eigenvalue weighted by atomic mass is 35.5. The number of aromatic amines is 1. The molecule has 0 spiro atoms. The smallest absolute Gasteiger partial charge is 0.257 e. The maximum absolute atomic E-state index is 12.2. The monoisotopic (exact) mass is 297 g/mol. The van der Waals surface area contributed by atoms with E-state index in [1.807, 2.05) is 13.0 Å². The average Bonchev–Trinajstić information content (AvgIpc) is 2.79. The van der Waals surface area contributed by atoms with Crippen molar-refractivity contribution in [1.29, 1.82) is 0 Å². The first-order valence-corrected chi connectivity index (χ1v) is 6.44. The normalized spacial score (nSPS) is 10.5. The van der Waals surface area contributed by atoms with Crippen LogP contribution in [-0.2, 0) is 6.54 Å². The van der Waals surface area contributed by atoms with Crippen molar-refractivity contribution in [1.82, 2.24) is 15.1 Å². The van der Waals surface area contributed by atoms with Crippen LogP contribution in [0.3, 0.4) is 0 Å². The molecule has 0 saturated carbocycles. The van der Waals surface area contributed by atoms with E-state index in [4.69, 9.17) is 23.2 Å². The van der Waals surface area contributed by atoms with Crippen LogP contribution in [0, 0.1) is 6.92 Å². The topological polar surface area (TPSA) is 49.0 Å². The van der Waals surface area contributed by atoms with Crippen LogP contribution in [0.2, 0.25) is 10.0 Å². The molecule has 0 bridgehead atoms. The summed E-state index contributed by atoms with van der Waals surface area (Å²) in [7, 11) is 1.73. The molecule has 0 fully saturated rings. The maximum atomic E-state index is 12.2. The van der Waals surface area contributed by atoms with Gasteiger partial charge in [0.15, 0.2) is 0 Å². The molecule has 1 N–H and O–H groups in total. The van der Waals surface area contributed by atoms with Gasteiger partial charge in [0.1, 0.15) is 0 Å². The lowest BCUT2D eigenvalue weighted by Gasteiger charge is -2.17. The quantitative estimate of drug-likeness (QED) is 0.945. The van der Waals surface area contributed by atoms with Gasteiger partial charge in [-0.25, -0.2) is 0 Å².